The molecule has 0 amide bonds. The lowest BCUT2D eigenvalue weighted by molar-refractivity contribution is 0.771. The van der Waals surface area contributed by atoms with Crippen LogP contribution in [0.3, 0.4) is 0 Å². The van der Waals surface area contributed by atoms with E-state index in [0.29, 0.717) is 0 Å². The van der Waals surface area contributed by atoms with Gasteiger partial charge in [0.05, 0.1) is 17.1 Å². The fourth-order valence-corrected chi connectivity index (χ4v) is 1.94. The first-order chi connectivity index (χ1) is 8.17. The highest BCUT2D eigenvalue weighted by Gasteiger charge is 2.14. The van der Waals surface area contributed by atoms with Crippen LogP contribution in [-0.2, 0) is 12.8 Å². The number of hydrogen-bond donors (Lipinski definition) is 1. The van der Waals surface area contributed by atoms with Crippen LogP contribution >= 0.6 is 0 Å². The van der Waals surface area contributed by atoms with Crippen molar-refractivity contribution in [1.82, 2.24) is 14.8 Å². The van der Waals surface area contributed by atoms with Gasteiger partial charge in [0, 0.05) is 6.20 Å². The molecule has 0 atom stereocenters. The van der Waals surface area contributed by atoms with Crippen molar-refractivity contribution in [3.8, 4) is 5.82 Å². The molecular weight excluding hydrogens is 212 g/mol. The van der Waals surface area contributed by atoms with Crippen molar-refractivity contribution < 1.29 is 0 Å². The Kier molecular flexibility index (Phi) is 3.13. The molecule has 0 fully saturated rings. The molecule has 2 aromatic heterocycles. The van der Waals surface area contributed by atoms with Crippen molar-refractivity contribution in [3.63, 3.8) is 0 Å². The maximum Gasteiger partial charge on any atom is 0.153 e. The number of nitrogens with zero attached hydrogens (tertiary/aromatic N) is 3. The SMILES string of the molecule is CCc1nn(-c2cc(C)ccn2)c(CC)c1N. The summed E-state index contributed by atoms with van der Waals surface area (Å²) in [6, 6.07) is 3.99. The molecule has 0 bridgehead atoms. The molecule has 4 nitrogen and oxygen atoms in total. The van der Waals surface area contributed by atoms with Crippen LogP contribution in [0, 0.1) is 6.92 Å². The predicted octanol–water partition coefficient (Wildman–Crippen LogP) is 2.28. The van der Waals surface area contributed by atoms with Gasteiger partial charge >= 0.3 is 0 Å². The molecule has 0 saturated heterocycles. The lowest BCUT2D eigenvalue weighted by Gasteiger charge is -2.05. The molecule has 0 aliphatic carbocycles. The number of nitrogen functional groups attached to an aromatic ring is 1. The van der Waals surface area contributed by atoms with Crippen LogP contribution in [0.1, 0.15) is 30.8 Å². The molecular formula is C13H18N4. The molecule has 0 radical (unpaired) electrons. The molecule has 0 unspecified atom stereocenters. The van der Waals surface area contributed by atoms with Crippen molar-refractivity contribution in [3.05, 3.63) is 35.3 Å². The zero-order valence-corrected chi connectivity index (χ0v) is 10.6. The van der Waals surface area contributed by atoms with Crippen molar-refractivity contribution in [2.45, 2.75) is 33.6 Å². The smallest absolute Gasteiger partial charge is 0.153 e. The standard InChI is InChI=1S/C13H18N4/c1-4-10-13(14)11(5-2)17(16-10)12-8-9(3)6-7-15-12/h6-8H,4-5,14H2,1-3H3. The van der Waals surface area contributed by atoms with Crippen LogP contribution in [0.2, 0.25) is 0 Å². The minimum absolute atomic E-state index is 0.804. The fraction of sp³-hybridized carbons (Fsp3) is 0.385. The highest BCUT2D eigenvalue weighted by Crippen LogP contribution is 2.21. The van der Waals surface area contributed by atoms with E-state index in [1.54, 1.807) is 6.20 Å². The van der Waals surface area contributed by atoms with Gasteiger partial charge in [-0.3, -0.25) is 0 Å². The van der Waals surface area contributed by atoms with Gasteiger partial charge in [0.2, 0.25) is 0 Å². The average molecular weight is 230 g/mol. The van der Waals surface area contributed by atoms with Gasteiger partial charge in [0.15, 0.2) is 5.82 Å². The van der Waals surface area contributed by atoms with E-state index in [-0.39, 0.29) is 0 Å². The van der Waals surface area contributed by atoms with E-state index in [0.717, 1.165) is 35.7 Å². The van der Waals surface area contributed by atoms with E-state index in [1.807, 2.05) is 23.7 Å². The summed E-state index contributed by atoms with van der Waals surface area (Å²) in [5, 5.41) is 4.54. The van der Waals surface area contributed by atoms with Crippen LogP contribution < -0.4 is 5.73 Å². The van der Waals surface area contributed by atoms with Crippen LogP contribution in [0.25, 0.3) is 5.82 Å². The van der Waals surface area contributed by atoms with Crippen molar-refractivity contribution in [1.29, 1.82) is 0 Å². The van der Waals surface area contributed by atoms with Crippen molar-refractivity contribution >= 4 is 5.69 Å². The Morgan fingerprint density at radius 1 is 1.29 bits per heavy atom. The molecule has 90 valence electrons. The Balaban J connectivity index is 2.58. The molecule has 0 saturated carbocycles. The van der Waals surface area contributed by atoms with Crippen LogP contribution in [0.5, 0.6) is 0 Å². The van der Waals surface area contributed by atoms with Gasteiger partial charge in [-0.15, -0.1) is 0 Å². The minimum atomic E-state index is 0.804. The van der Waals surface area contributed by atoms with E-state index in [1.165, 1.54) is 5.56 Å². The molecule has 2 N–H and O–H groups in total. The second-order valence-electron chi connectivity index (χ2n) is 4.12. The topological polar surface area (TPSA) is 56.7 Å². The Morgan fingerprint density at radius 2 is 2.06 bits per heavy atom. The molecule has 0 aliphatic heterocycles. The Hall–Kier alpha value is -1.84. The third-order valence-corrected chi connectivity index (χ3v) is 2.89. The maximum atomic E-state index is 6.09. The third-order valence-electron chi connectivity index (χ3n) is 2.89. The minimum Gasteiger partial charge on any atom is -0.396 e. The number of anilines is 1. The summed E-state index contributed by atoms with van der Waals surface area (Å²) in [6.07, 6.45) is 3.50. The van der Waals surface area contributed by atoms with E-state index in [2.05, 4.69) is 23.9 Å². The van der Waals surface area contributed by atoms with E-state index in [9.17, 15) is 0 Å². The van der Waals surface area contributed by atoms with Gasteiger partial charge in [0.1, 0.15) is 0 Å². The normalized spacial score (nSPS) is 10.8. The predicted molar refractivity (Wildman–Crippen MR) is 69.3 cm³/mol. The van der Waals surface area contributed by atoms with Gasteiger partial charge in [-0.1, -0.05) is 13.8 Å². The summed E-state index contributed by atoms with van der Waals surface area (Å²) in [5.41, 5.74) is 10.1. The number of rotatable bonds is 3. The number of hydrogen-bond acceptors (Lipinski definition) is 3. The van der Waals surface area contributed by atoms with Gasteiger partial charge in [-0.2, -0.15) is 5.10 Å². The molecule has 0 aromatic carbocycles. The largest absolute Gasteiger partial charge is 0.396 e. The molecule has 0 spiro atoms. The lowest BCUT2D eigenvalue weighted by Crippen LogP contribution is -2.04. The summed E-state index contributed by atoms with van der Waals surface area (Å²) in [6.45, 7) is 6.19. The molecule has 4 heteroatoms. The number of aromatic nitrogens is 3. The highest BCUT2D eigenvalue weighted by molar-refractivity contribution is 5.51. The van der Waals surface area contributed by atoms with Crippen LogP contribution in [-0.4, -0.2) is 14.8 Å². The Labute approximate surface area is 101 Å². The van der Waals surface area contributed by atoms with E-state index in [4.69, 9.17) is 5.73 Å². The molecule has 2 aromatic rings. The summed E-state index contributed by atoms with van der Waals surface area (Å²) >= 11 is 0. The first kappa shape index (κ1) is 11.6. The lowest BCUT2D eigenvalue weighted by atomic mass is 10.2. The monoisotopic (exact) mass is 230 g/mol. The van der Waals surface area contributed by atoms with Crippen LogP contribution in [0.4, 0.5) is 5.69 Å². The summed E-state index contributed by atoms with van der Waals surface area (Å²) < 4.78 is 1.86. The van der Waals surface area contributed by atoms with E-state index < -0.39 is 0 Å². The van der Waals surface area contributed by atoms with Crippen molar-refractivity contribution in [2.24, 2.45) is 0 Å². The van der Waals surface area contributed by atoms with E-state index >= 15 is 0 Å². The summed E-state index contributed by atoms with van der Waals surface area (Å²) in [4.78, 5) is 4.35. The van der Waals surface area contributed by atoms with Gasteiger partial charge in [0.25, 0.3) is 0 Å². The Morgan fingerprint density at radius 3 is 2.65 bits per heavy atom. The zero-order chi connectivity index (χ0) is 12.4. The van der Waals surface area contributed by atoms with Crippen molar-refractivity contribution in [2.75, 3.05) is 5.73 Å². The molecule has 2 heterocycles. The number of aryl methyl sites for hydroxylation is 2. The Bertz CT molecular complexity index is 528. The fourth-order valence-electron chi connectivity index (χ4n) is 1.94. The quantitative estimate of drug-likeness (QED) is 0.880. The summed E-state index contributed by atoms with van der Waals surface area (Å²) in [7, 11) is 0. The van der Waals surface area contributed by atoms with Gasteiger partial charge < -0.3 is 5.73 Å². The molecule has 2 rings (SSSR count). The average Bonchev–Trinajstić information content (AvgIpc) is 2.65. The van der Waals surface area contributed by atoms with Crippen LogP contribution in [0.15, 0.2) is 18.3 Å². The second kappa shape index (κ2) is 4.57. The summed E-state index contributed by atoms with van der Waals surface area (Å²) in [5.74, 6) is 0.841. The number of nitrogens with two attached hydrogens (primary N) is 1. The van der Waals surface area contributed by atoms with Gasteiger partial charge in [-0.05, 0) is 37.5 Å². The maximum absolute atomic E-state index is 6.09. The third kappa shape index (κ3) is 2.02. The van der Waals surface area contributed by atoms with Gasteiger partial charge in [-0.25, -0.2) is 9.67 Å². The first-order valence-corrected chi connectivity index (χ1v) is 5.96. The zero-order valence-electron chi connectivity index (χ0n) is 10.6. The molecule has 17 heavy (non-hydrogen) atoms. The second-order valence-corrected chi connectivity index (χ2v) is 4.12. The first-order valence-electron chi connectivity index (χ1n) is 5.96. The number of pyridine rings is 1. The highest BCUT2D eigenvalue weighted by atomic mass is 15.3. The molecule has 0 aliphatic rings.